The van der Waals surface area contributed by atoms with E-state index in [0.717, 1.165) is 23.6 Å². The van der Waals surface area contributed by atoms with Crippen molar-refractivity contribution in [2.45, 2.75) is 37.5 Å². The number of likely N-dealkylation sites (tertiary alicyclic amines) is 1. The smallest absolute Gasteiger partial charge is 0.374 e. The third-order valence-electron chi connectivity index (χ3n) is 4.20. The Morgan fingerprint density at radius 3 is 2.48 bits per heavy atom. The van der Waals surface area contributed by atoms with Crippen molar-refractivity contribution in [3.63, 3.8) is 0 Å². The highest BCUT2D eigenvalue weighted by molar-refractivity contribution is 5.79. The predicted molar refractivity (Wildman–Crippen MR) is 81.2 cm³/mol. The molecule has 0 aromatic carbocycles. The van der Waals surface area contributed by atoms with Gasteiger partial charge in [0.25, 0.3) is 0 Å². The van der Waals surface area contributed by atoms with Crippen molar-refractivity contribution >= 4 is 11.8 Å². The number of hydrogen-bond acceptors (Lipinski definition) is 4. The predicted octanol–water partition coefficient (Wildman–Crippen LogP) is 0.689. The van der Waals surface area contributed by atoms with Crippen LogP contribution in [0.4, 0.5) is 13.2 Å². The van der Waals surface area contributed by atoms with Gasteiger partial charge in [-0.05, 0) is 12.8 Å². The van der Waals surface area contributed by atoms with Gasteiger partial charge in [-0.15, -0.1) is 0 Å². The SMILES string of the molecule is Cn1ccnc1C(O)(CC(=O)NCCC(=O)N1CCCC1)C(F)(F)F. The van der Waals surface area contributed by atoms with E-state index < -0.39 is 29.9 Å². The Kier molecular flexibility index (Phi) is 5.71. The minimum atomic E-state index is -5.07. The number of carbonyl (C=O) groups is 2. The van der Waals surface area contributed by atoms with E-state index in [0.29, 0.717) is 13.1 Å². The van der Waals surface area contributed by atoms with Crippen LogP contribution in [0.15, 0.2) is 12.4 Å². The van der Waals surface area contributed by atoms with Crippen molar-refractivity contribution < 1.29 is 27.9 Å². The van der Waals surface area contributed by atoms with E-state index in [4.69, 9.17) is 0 Å². The molecular weight excluding hydrogens is 341 g/mol. The Labute approximate surface area is 142 Å². The van der Waals surface area contributed by atoms with E-state index in [-0.39, 0.29) is 18.9 Å². The summed E-state index contributed by atoms with van der Waals surface area (Å²) in [5.74, 6) is -1.81. The number of amides is 2. The molecule has 7 nitrogen and oxygen atoms in total. The molecule has 0 radical (unpaired) electrons. The zero-order chi connectivity index (χ0) is 18.7. The van der Waals surface area contributed by atoms with Crippen LogP contribution in [0.5, 0.6) is 0 Å². The lowest BCUT2D eigenvalue weighted by Crippen LogP contribution is -2.48. The number of rotatable bonds is 6. The van der Waals surface area contributed by atoms with Gasteiger partial charge in [0.05, 0.1) is 6.42 Å². The van der Waals surface area contributed by atoms with E-state index in [9.17, 15) is 27.9 Å². The summed E-state index contributed by atoms with van der Waals surface area (Å²) < 4.78 is 41.0. The van der Waals surface area contributed by atoms with Crippen LogP contribution in [0.3, 0.4) is 0 Å². The molecule has 1 unspecified atom stereocenters. The number of halogens is 3. The van der Waals surface area contributed by atoms with Gasteiger partial charge in [0, 0.05) is 45.5 Å². The first-order chi connectivity index (χ1) is 11.6. The lowest BCUT2D eigenvalue weighted by atomic mass is 9.97. The zero-order valence-corrected chi connectivity index (χ0v) is 13.8. The molecule has 0 aliphatic carbocycles. The topological polar surface area (TPSA) is 87.5 Å². The van der Waals surface area contributed by atoms with E-state index in [1.54, 1.807) is 4.90 Å². The van der Waals surface area contributed by atoms with E-state index in [1.165, 1.54) is 13.2 Å². The number of alkyl halides is 3. The molecule has 0 bridgehead atoms. The second-order valence-electron chi connectivity index (χ2n) is 6.08. The Bertz CT molecular complexity index is 626. The number of aliphatic hydroxyl groups is 1. The molecule has 2 N–H and O–H groups in total. The standard InChI is InChI=1S/C15H21F3N4O3/c1-21-9-6-20-13(21)14(25,15(16,17)18)10-11(23)19-5-4-12(24)22-7-2-3-8-22/h6,9,25H,2-5,7-8,10H2,1H3,(H,19,23). The Morgan fingerprint density at radius 1 is 1.32 bits per heavy atom. The highest BCUT2D eigenvalue weighted by atomic mass is 19.4. The van der Waals surface area contributed by atoms with Crippen LogP contribution in [0, 0.1) is 0 Å². The molecule has 1 saturated heterocycles. The number of aryl methyl sites for hydroxylation is 1. The molecule has 1 aromatic rings. The molecule has 1 atom stereocenters. The number of imidazole rings is 1. The summed E-state index contributed by atoms with van der Waals surface area (Å²) in [5, 5.41) is 12.4. The van der Waals surface area contributed by atoms with Crippen LogP contribution in [0.2, 0.25) is 0 Å². The minimum absolute atomic E-state index is 0.0125. The van der Waals surface area contributed by atoms with E-state index in [1.807, 2.05) is 0 Å². The maximum Gasteiger partial charge on any atom is 0.425 e. The number of hydrogen-bond donors (Lipinski definition) is 2. The van der Waals surface area contributed by atoms with Gasteiger partial charge in [0.2, 0.25) is 17.4 Å². The fraction of sp³-hybridized carbons (Fsp3) is 0.667. The summed E-state index contributed by atoms with van der Waals surface area (Å²) in [6, 6.07) is 0. The first-order valence-corrected chi connectivity index (χ1v) is 7.96. The Balaban J connectivity index is 1.94. The van der Waals surface area contributed by atoms with Gasteiger partial charge >= 0.3 is 6.18 Å². The van der Waals surface area contributed by atoms with Gasteiger partial charge in [0.1, 0.15) is 0 Å². The van der Waals surface area contributed by atoms with Crippen molar-refractivity contribution in [1.29, 1.82) is 0 Å². The lowest BCUT2D eigenvalue weighted by Gasteiger charge is -2.29. The molecule has 2 heterocycles. The van der Waals surface area contributed by atoms with Gasteiger partial charge < -0.3 is 19.9 Å². The lowest BCUT2D eigenvalue weighted by molar-refractivity contribution is -0.271. The average Bonchev–Trinajstić information content (AvgIpc) is 3.16. The van der Waals surface area contributed by atoms with E-state index >= 15 is 0 Å². The number of carbonyl (C=O) groups excluding carboxylic acids is 2. The summed E-state index contributed by atoms with van der Waals surface area (Å²) in [5.41, 5.74) is -3.39. The third-order valence-corrected chi connectivity index (χ3v) is 4.20. The molecule has 1 aromatic heterocycles. The average molecular weight is 362 g/mol. The molecule has 1 aliphatic rings. The summed E-state index contributed by atoms with van der Waals surface area (Å²) in [6.07, 6.45) is -2.06. The summed E-state index contributed by atoms with van der Waals surface area (Å²) >= 11 is 0. The molecule has 0 saturated carbocycles. The summed E-state index contributed by atoms with van der Waals surface area (Å²) in [6.45, 7) is 1.25. The molecule has 10 heteroatoms. The van der Waals surface area contributed by atoms with Gasteiger partial charge in [-0.1, -0.05) is 0 Å². The van der Waals surface area contributed by atoms with Crippen LogP contribution < -0.4 is 5.32 Å². The fourth-order valence-electron chi connectivity index (χ4n) is 2.80. The Hall–Kier alpha value is -2.10. The second kappa shape index (κ2) is 7.42. The van der Waals surface area contributed by atoms with Crippen LogP contribution in [-0.4, -0.2) is 57.2 Å². The maximum absolute atomic E-state index is 13.3. The molecule has 1 fully saturated rings. The monoisotopic (exact) mass is 362 g/mol. The van der Waals surface area contributed by atoms with Crippen LogP contribution in [0.25, 0.3) is 0 Å². The largest absolute Gasteiger partial charge is 0.425 e. The summed E-state index contributed by atoms with van der Waals surface area (Å²) in [4.78, 5) is 28.9. The first-order valence-electron chi connectivity index (χ1n) is 7.96. The highest BCUT2D eigenvalue weighted by Gasteiger charge is 2.58. The fourth-order valence-corrected chi connectivity index (χ4v) is 2.80. The van der Waals surface area contributed by atoms with Crippen LogP contribution in [-0.2, 0) is 22.2 Å². The third kappa shape index (κ3) is 4.30. The quantitative estimate of drug-likeness (QED) is 0.779. The van der Waals surface area contributed by atoms with Gasteiger partial charge in [0.15, 0.2) is 5.82 Å². The van der Waals surface area contributed by atoms with Crippen molar-refractivity contribution in [3.8, 4) is 0 Å². The van der Waals surface area contributed by atoms with Gasteiger partial charge in [-0.25, -0.2) is 4.98 Å². The number of nitrogens with zero attached hydrogens (tertiary/aromatic N) is 3. The molecule has 25 heavy (non-hydrogen) atoms. The van der Waals surface area contributed by atoms with E-state index in [2.05, 4.69) is 10.3 Å². The van der Waals surface area contributed by atoms with Crippen molar-refractivity contribution in [2.75, 3.05) is 19.6 Å². The summed E-state index contributed by atoms with van der Waals surface area (Å²) in [7, 11) is 1.30. The number of aromatic nitrogens is 2. The number of nitrogens with one attached hydrogen (secondary N) is 1. The van der Waals surface area contributed by atoms with Crippen molar-refractivity contribution in [1.82, 2.24) is 19.8 Å². The van der Waals surface area contributed by atoms with Crippen molar-refractivity contribution in [3.05, 3.63) is 18.2 Å². The van der Waals surface area contributed by atoms with Crippen molar-refractivity contribution in [2.24, 2.45) is 7.05 Å². The molecule has 1 aliphatic heterocycles. The molecule has 0 spiro atoms. The second-order valence-corrected chi connectivity index (χ2v) is 6.08. The maximum atomic E-state index is 13.3. The molecular formula is C15H21F3N4O3. The zero-order valence-electron chi connectivity index (χ0n) is 13.8. The first kappa shape index (κ1) is 19.2. The Morgan fingerprint density at radius 2 is 1.96 bits per heavy atom. The normalized spacial score (nSPS) is 17.4. The van der Waals surface area contributed by atoms with Gasteiger partial charge in [-0.3, -0.25) is 9.59 Å². The van der Waals surface area contributed by atoms with Gasteiger partial charge in [-0.2, -0.15) is 13.2 Å². The highest BCUT2D eigenvalue weighted by Crippen LogP contribution is 2.40. The molecule has 2 amide bonds. The molecule has 140 valence electrons. The van der Waals surface area contributed by atoms with Crippen LogP contribution in [0.1, 0.15) is 31.5 Å². The van der Waals surface area contributed by atoms with Crippen LogP contribution >= 0.6 is 0 Å². The minimum Gasteiger partial charge on any atom is -0.374 e. The molecule has 2 rings (SSSR count).